The van der Waals surface area contributed by atoms with Gasteiger partial charge in [0.1, 0.15) is 13.1 Å². The Labute approximate surface area is 195 Å². The van der Waals surface area contributed by atoms with Gasteiger partial charge in [-0.2, -0.15) is 18.2 Å². The molecular formula is C22H24F3N7OSi. The summed E-state index contributed by atoms with van der Waals surface area (Å²) in [7, 11) is -1.18. The Morgan fingerprint density at radius 1 is 1.06 bits per heavy atom. The van der Waals surface area contributed by atoms with Crippen LogP contribution in [0, 0.1) is 0 Å². The van der Waals surface area contributed by atoms with Gasteiger partial charge in [0.2, 0.25) is 5.95 Å². The number of benzene rings is 1. The van der Waals surface area contributed by atoms with Crippen molar-refractivity contribution in [2.45, 2.75) is 38.6 Å². The molecule has 4 aromatic rings. The van der Waals surface area contributed by atoms with Crippen LogP contribution in [0.3, 0.4) is 0 Å². The van der Waals surface area contributed by atoms with Crippen molar-refractivity contribution in [3.63, 3.8) is 0 Å². The van der Waals surface area contributed by atoms with E-state index in [-0.39, 0.29) is 11.6 Å². The van der Waals surface area contributed by atoms with E-state index in [0.717, 1.165) is 23.7 Å². The second kappa shape index (κ2) is 9.47. The normalized spacial score (nSPS) is 12.3. The van der Waals surface area contributed by atoms with Gasteiger partial charge in [0.15, 0.2) is 11.5 Å². The van der Waals surface area contributed by atoms with Gasteiger partial charge >= 0.3 is 6.18 Å². The highest BCUT2D eigenvalue weighted by Crippen LogP contribution is 2.31. The first-order valence-corrected chi connectivity index (χ1v) is 14.3. The second-order valence-electron chi connectivity index (χ2n) is 8.97. The number of halogens is 3. The van der Waals surface area contributed by atoms with E-state index in [4.69, 9.17) is 4.74 Å². The molecule has 178 valence electrons. The number of hydrogen-bond donors (Lipinski definition) is 1. The first-order chi connectivity index (χ1) is 16.1. The van der Waals surface area contributed by atoms with Crippen molar-refractivity contribution >= 4 is 30.9 Å². The van der Waals surface area contributed by atoms with Gasteiger partial charge < -0.3 is 14.6 Å². The quantitative estimate of drug-likeness (QED) is 0.264. The number of ether oxygens (including phenoxy) is 1. The summed E-state index contributed by atoms with van der Waals surface area (Å²) in [6.45, 7) is 7.92. The summed E-state index contributed by atoms with van der Waals surface area (Å²) < 4.78 is 46.6. The standard InChI is InChI=1S/C22H24F3N7OSi/c1-34(2,3)8-7-33-14-32-13-29-20-18(32)9-15(11-26-20)19-27-12-28-21(31-19)30-17-6-4-5-16(10-17)22(23,24)25/h4-6,9-13H,7-8,14H2,1-3H3,(H,27,28,30,31). The minimum Gasteiger partial charge on any atom is -0.361 e. The van der Waals surface area contributed by atoms with Crippen LogP contribution in [0.1, 0.15) is 5.56 Å². The van der Waals surface area contributed by atoms with Gasteiger partial charge in [0.05, 0.1) is 17.4 Å². The number of fused-ring (bicyclic) bond motifs is 1. The Bertz CT molecular complexity index is 1290. The van der Waals surface area contributed by atoms with Crippen molar-refractivity contribution in [1.29, 1.82) is 0 Å². The SMILES string of the molecule is C[Si](C)(C)CCOCn1cnc2ncc(-c3ncnc(Nc4cccc(C(F)(F)F)c4)n3)cc21. The van der Waals surface area contributed by atoms with Crippen LogP contribution < -0.4 is 5.32 Å². The number of nitrogens with one attached hydrogen (secondary N) is 1. The van der Waals surface area contributed by atoms with Gasteiger partial charge in [0, 0.05) is 32.1 Å². The molecule has 0 spiro atoms. The molecule has 0 radical (unpaired) electrons. The second-order valence-corrected chi connectivity index (χ2v) is 14.6. The van der Waals surface area contributed by atoms with Crippen molar-refractivity contribution in [2.24, 2.45) is 0 Å². The molecular weight excluding hydrogens is 463 g/mol. The smallest absolute Gasteiger partial charge is 0.361 e. The molecule has 3 aromatic heterocycles. The monoisotopic (exact) mass is 487 g/mol. The van der Waals surface area contributed by atoms with Crippen molar-refractivity contribution in [3.05, 3.63) is 54.7 Å². The van der Waals surface area contributed by atoms with Crippen LogP contribution in [0.15, 0.2) is 49.2 Å². The fourth-order valence-corrected chi connectivity index (χ4v) is 3.86. The molecule has 1 aromatic carbocycles. The van der Waals surface area contributed by atoms with Gasteiger partial charge in [0.25, 0.3) is 0 Å². The van der Waals surface area contributed by atoms with Gasteiger partial charge in [-0.3, -0.25) is 0 Å². The third-order valence-corrected chi connectivity index (χ3v) is 6.68. The number of hydrogen-bond acceptors (Lipinski definition) is 7. The third kappa shape index (κ3) is 5.94. The summed E-state index contributed by atoms with van der Waals surface area (Å²) >= 11 is 0. The molecule has 0 aliphatic heterocycles. The molecule has 0 bridgehead atoms. The summed E-state index contributed by atoms with van der Waals surface area (Å²) in [6, 6.07) is 7.74. The summed E-state index contributed by atoms with van der Waals surface area (Å²) in [4.78, 5) is 21.2. The highest BCUT2D eigenvalue weighted by Gasteiger charge is 2.30. The van der Waals surface area contributed by atoms with Crippen molar-refractivity contribution in [3.8, 4) is 11.4 Å². The number of anilines is 2. The summed E-state index contributed by atoms with van der Waals surface area (Å²) in [5, 5.41) is 2.80. The van der Waals surface area contributed by atoms with Crippen LogP contribution in [0.2, 0.25) is 25.7 Å². The van der Waals surface area contributed by atoms with Gasteiger partial charge in [-0.15, -0.1) is 0 Å². The average molecular weight is 488 g/mol. The highest BCUT2D eigenvalue weighted by atomic mass is 28.3. The van der Waals surface area contributed by atoms with Gasteiger partial charge in [-0.25, -0.2) is 19.9 Å². The van der Waals surface area contributed by atoms with Crippen LogP contribution >= 0.6 is 0 Å². The molecule has 0 fully saturated rings. The van der Waals surface area contributed by atoms with E-state index >= 15 is 0 Å². The van der Waals surface area contributed by atoms with Gasteiger partial charge in [-0.05, 0) is 30.3 Å². The molecule has 34 heavy (non-hydrogen) atoms. The third-order valence-electron chi connectivity index (χ3n) is 4.98. The number of alkyl halides is 3. The predicted octanol–water partition coefficient (Wildman–Crippen LogP) is 5.36. The Morgan fingerprint density at radius 2 is 1.88 bits per heavy atom. The largest absolute Gasteiger partial charge is 0.416 e. The van der Waals surface area contributed by atoms with E-state index in [0.29, 0.717) is 30.4 Å². The lowest BCUT2D eigenvalue weighted by Crippen LogP contribution is -2.21. The maximum Gasteiger partial charge on any atom is 0.416 e. The lowest BCUT2D eigenvalue weighted by atomic mass is 10.2. The maximum atomic E-state index is 13.0. The Morgan fingerprint density at radius 3 is 2.65 bits per heavy atom. The van der Waals surface area contributed by atoms with Crippen molar-refractivity contribution in [2.75, 3.05) is 11.9 Å². The zero-order valence-electron chi connectivity index (χ0n) is 19.0. The summed E-state index contributed by atoms with van der Waals surface area (Å²) in [5.74, 6) is 0.443. The Balaban J connectivity index is 1.53. The highest BCUT2D eigenvalue weighted by molar-refractivity contribution is 6.76. The molecule has 0 atom stereocenters. The number of pyridine rings is 1. The zero-order chi connectivity index (χ0) is 24.3. The zero-order valence-corrected chi connectivity index (χ0v) is 20.0. The molecule has 0 unspecified atom stereocenters. The number of aromatic nitrogens is 6. The number of rotatable bonds is 8. The van der Waals surface area contributed by atoms with E-state index in [1.54, 1.807) is 12.5 Å². The topological polar surface area (TPSA) is 90.6 Å². The van der Waals surface area contributed by atoms with Gasteiger partial charge in [-0.1, -0.05) is 25.7 Å². The lowest BCUT2D eigenvalue weighted by molar-refractivity contribution is -0.137. The van der Waals surface area contributed by atoms with E-state index in [9.17, 15) is 13.2 Å². The molecule has 4 rings (SSSR count). The summed E-state index contributed by atoms with van der Waals surface area (Å²) in [5.41, 5.74) is 1.40. The maximum absolute atomic E-state index is 13.0. The molecule has 0 amide bonds. The number of imidazole rings is 1. The van der Waals surface area contributed by atoms with Crippen LogP contribution in [0.25, 0.3) is 22.6 Å². The molecule has 12 heteroatoms. The molecule has 0 aliphatic rings. The fraction of sp³-hybridized carbons (Fsp3) is 0.318. The minimum atomic E-state index is -4.44. The Kier molecular flexibility index (Phi) is 6.62. The number of nitrogens with zero attached hydrogens (tertiary/aromatic N) is 6. The van der Waals surface area contributed by atoms with E-state index in [1.807, 2.05) is 10.6 Å². The lowest BCUT2D eigenvalue weighted by Gasteiger charge is -2.15. The van der Waals surface area contributed by atoms with Crippen LogP contribution in [0.4, 0.5) is 24.8 Å². The van der Waals surface area contributed by atoms with Crippen molar-refractivity contribution in [1.82, 2.24) is 29.5 Å². The van der Waals surface area contributed by atoms with E-state index in [2.05, 4.69) is 49.9 Å². The first kappa shape index (κ1) is 23.8. The molecule has 0 saturated heterocycles. The molecule has 0 aliphatic carbocycles. The fourth-order valence-electron chi connectivity index (χ4n) is 3.11. The average Bonchev–Trinajstić information content (AvgIpc) is 3.18. The van der Waals surface area contributed by atoms with Crippen molar-refractivity contribution < 1.29 is 17.9 Å². The van der Waals surface area contributed by atoms with E-state index in [1.165, 1.54) is 18.5 Å². The predicted molar refractivity (Wildman–Crippen MR) is 125 cm³/mol. The summed E-state index contributed by atoms with van der Waals surface area (Å²) in [6.07, 6.45) is 0.114. The Hall–Kier alpha value is -3.38. The van der Waals surface area contributed by atoms with Crippen LogP contribution in [-0.4, -0.2) is 44.2 Å². The van der Waals surface area contributed by atoms with Crippen LogP contribution in [-0.2, 0) is 17.6 Å². The molecule has 1 N–H and O–H groups in total. The molecule has 0 saturated carbocycles. The molecule has 8 nitrogen and oxygen atoms in total. The molecule has 3 heterocycles. The minimum absolute atomic E-state index is 0.118. The van der Waals surface area contributed by atoms with Crippen LogP contribution in [0.5, 0.6) is 0 Å². The van der Waals surface area contributed by atoms with E-state index < -0.39 is 19.8 Å². The first-order valence-electron chi connectivity index (χ1n) is 10.6.